The normalized spacial score (nSPS) is 19.3. The number of para-hydroxylation sites is 1. The molecule has 0 bridgehead atoms. The minimum Gasteiger partial charge on any atom is -0.382 e. The van der Waals surface area contributed by atoms with Gasteiger partial charge in [-0.25, -0.2) is 0 Å². The van der Waals surface area contributed by atoms with Crippen molar-refractivity contribution in [1.82, 2.24) is 5.32 Å². The van der Waals surface area contributed by atoms with Gasteiger partial charge in [0, 0.05) is 17.3 Å². The predicted octanol–water partition coefficient (Wildman–Crippen LogP) is 2.80. The molecule has 1 atom stereocenters. The molecule has 1 unspecified atom stereocenters. The number of hydrogen-bond donors (Lipinski definition) is 2. The molecule has 2 N–H and O–H groups in total. The molecule has 0 spiro atoms. The van der Waals surface area contributed by atoms with E-state index in [1.165, 1.54) is 24.1 Å². The Balaban J connectivity index is 1.79. The third-order valence-electron chi connectivity index (χ3n) is 2.99. The topological polar surface area (TPSA) is 24.1 Å². The van der Waals surface area contributed by atoms with E-state index in [1.807, 2.05) is 0 Å². The van der Waals surface area contributed by atoms with Crippen LogP contribution in [0.1, 0.15) is 32.8 Å². The molecule has 1 aliphatic rings. The Kier molecular flexibility index (Phi) is 3.20. The fourth-order valence-corrected chi connectivity index (χ4v) is 2.17. The Hall–Kier alpha value is -1.02. The lowest BCUT2D eigenvalue weighted by atomic mass is 10.1. The van der Waals surface area contributed by atoms with Gasteiger partial charge in [-0.2, -0.15) is 0 Å². The number of nitrogens with one attached hydrogen (secondary N) is 2. The largest absolute Gasteiger partial charge is 0.382 e. The average molecular weight is 218 g/mol. The fraction of sp³-hybridized carbons (Fsp3) is 0.571. The first kappa shape index (κ1) is 11.5. The molecule has 1 aromatic rings. The standard InChI is InChI=1S/C14H22N2/c1-14(2,3)15-9-8-12-10-11-6-4-5-7-13(11)16-12/h4-7,12,15-16H,8-10H2,1-3H3. The van der Waals surface area contributed by atoms with E-state index in [0.717, 1.165) is 6.54 Å². The summed E-state index contributed by atoms with van der Waals surface area (Å²) in [5.74, 6) is 0. The SMILES string of the molecule is CC(C)(C)NCCC1Cc2ccccc2N1. The van der Waals surface area contributed by atoms with Gasteiger partial charge in [0.2, 0.25) is 0 Å². The highest BCUT2D eigenvalue weighted by Crippen LogP contribution is 2.26. The molecule has 2 nitrogen and oxygen atoms in total. The zero-order valence-electron chi connectivity index (χ0n) is 10.5. The van der Waals surface area contributed by atoms with Gasteiger partial charge in [0.15, 0.2) is 0 Å². The molecule has 1 aromatic carbocycles. The van der Waals surface area contributed by atoms with Gasteiger partial charge in [-0.3, -0.25) is 0 Å². The Labute approximate surface area is 98.4 Å². The van der Waals surface area contributed by atoms with Gasteiger partial charge in [-0.15, -0.1) is 0 Å². The summed E-state index contributed by atoms with van der Waals surface area (Å²) in [6.45, 7) is 7.71. The lowest BCUT2D eigenvalue weighted by Crippen LogP contribution is -2.38. The van der Waals surface area contributed by atoms with E-state index in [1.54, 1.807) is 0 Å². The van der Waals surface area contributed by atoms with Crippen LogP contribution in [0.5, 0.6) is 0 Å². The second-order valence-electron chi connectivity index (χ2n) is 5.67. The second kappa shape index (κ2) is 4.46. The van der Waals surface area contributed by atoms with Crippen LogP contribution in [0.4, 0.5) is 5.69 Å². The minimum atomic E-state index is 0.228. The van der Waals surface area contributed by atoms with Crippen molar-refractivity contribution in [3.8, 4) is 0 Å². The van der Waals surface area contributed by atoms with Gasteiger partial charge >= 0.3 is 0 Å². The van der Waals surface area contributed by atoms with Crippen LogP contribution in [0.15, 0.2) is 24.3 Å². The molecule has 0 saturated carbocycles. The van der Waals surface area contributed by atoms with E-state index in [0.29, 0.717) is 6.04 Å². The molecule has 0 aromatic heterocycles. The van der Waals surface area contributed by atoms with Gasteiger partial charge < -0.3 is 10.6 Å². The first-order chi connectivity index (χ1) is 7.54. The Bertz CT molecular complexity index is 327. The van der Waals surface area contributed by atoms with E-state index >= 15 is 0 Å². The van der Waals surface area contributed by atoms with Crippen LogP contribution >= 0.6 is 0 Å². The van der Waals surface area contributed by atoms with Gasteiger partial charge in [-0.05, 0) is 51.8 Å². The van der Waals surface area contributed by atoms with Gasteiger partial charge in [-0.1, -0.05) is 18.2 Å². The van der Waals surface area contributed by atoms with Gasteiger partial charge in [0.25, 0.3) is 0 Å². The van der Waals surface area contributed by atoms with Crippen molar-refractivity contribution in [2.75, 3.05) is 11.9 Å². The van der Waals surface area contributed by atoms with Crippen molar-refractivity contribution in [1.29, 1.82) is 0 Å². The molecular formula is C14H22N2. The summed E-state index contributed by atoms with van der Waals surface area (Å²) in [7, 11) is 0. The molecule has 1 heterocycles. The van der Waals surface area contributed by atoms with Gasteiger partial charge in [0.1, 0.15) is 0 Å². The zero-order valence-corrected chi connectivity index (χ0v) is 10.5. The number of hydrogen-bond acceptors (Lipinski definition) is 2. The number of anilines is 1. The van der Waals surface area contributed by atoms with Crippen LogP contribution in [0.3, 0.4) is 0 Å². The number of benzene rings is 1. The molecular weight excluding hydrogens is 196 g/mol. The van der Waals surface area contributed by atoms with Crippen LogP contribution in [-0.2, 0) is 6.42 Å². The number of rotatable bonds is 3. The summed E-state index contributed by atoms with van der Waals surface area (Å²) in [6.07, 6.45) is 2.36. The number of fused-ring (bicyclic) bond motifs is 1. The average Bonchev–Trinajstić information content (AvgIpc) is 2.57. The highest BCUT2D eigenvalue weighted by Gasteiger charge is 2.19. The van der Waals surface area contributed by atoms with Crippen LogP contribution < -0.4 is 10.6 Å². The molecule has 2 rings (SSSR count). The summed E-state index contributed by atoms with van der Waals surface area (Å²) < 4.78 is 0. The lowest BCUT2D eigenvalue weighted by molar-refractivity contribution is 0.414. The molecule has 1 aliphatic heterocycles. The molecule has 0 saturated heterocycles. The molecule has 0 aliphatic carbocycles. The predicted molar refractivity (Wildman–Crippen MR) is 69.9 cm³/mol. The highest BCUT2D eigenvalue weighted by atomic mass is 15.0. The highest BCUT2D eigenvalue weighted by molar-refractivity contribution is 5.56. The van der Waals surface area contributed by atoms with E-state index in [9.17, 15) is 0 Å². The summed E-state index contributed by atoms with van der Waals surface area (Å²) in [5, 5.41) is 7.12. The van der Waals surface area contributed by atoms with Crippen LogP contribution in [0, 0.1) is 0 Å². The summed E-state index contributed by atoms with van der Waals surface area (Å²) >= 11 is 0. The summed E-state index contributed by atoms with van der Waals surface area (Å²) in [5.41, 5.74) is 3.01. The first-order valence-corrected chi connectivity index (χ1v) is 6.14. The van der Waals surface area contributed by atoms with Gasteiger partial charge in [0.05, 0.1) is 0 Å². The van der Waals surface area contributed by atoms with Crippen molar-refractivity contribution in [3.05, 3.63) is 29.8 Å². The molecule has 88 valence electrons. The van der Waals surface area contributed by atoms with Crippen LogP contribution in [-0.4, -0.2) is 18.1 Å². The smallest absolute Gasteiger partial charge is 0.0375 e. The van der Waals surface area contributed by atoms with Crippen molar-refractivity contribution in [3.63, 3.8) is 0 Å². The molecule has 0 amide bonds. The molecule has 16 heavy (non-hydrogen) atoms. The van der Waals surface area contributed by atoms with E-state index in [-0.39, 0.29) is 5.54 Å². The van der Waals surface area contributed by atoms with E-state index in [4.69, 9.17) is 0 Å². The molecule has 2 heteroatoms. The van der Waals surface area contributed by atoms with Crippen molar-refractivity contribution >= 4 is 5.69 Å². The third kappa shape index (κ3) is 2.99. The molecule has 0 radical (unpaired) electrons. The monoisotopic (exact) mass is 218 g/mol. The van der Waals surface area contributed by atoms with E-state index < -0.39 is 0 Å². The van der Waals surface area contributed by atoms with E-state index in [2.05, 4.69) is 55.7 Å². The van der Waals surface area contributed by atoms with Crippen molar-refractivity contribution in [2.45, 2.75) is 45.2 Å². The van der Waals surface area contributed by atoms with Crippen molar-refractivity contribution in [2.24, 2.45) is 0 Å². The van der Waals surface area contributed by atoms with Crippen molar-refractivity contribution < 1.29 is 0 Å². The maximum Gasteiger partial charge on any atom is 0.0375 e. The Morgan fingerprint density at radius 1 is 1.31 bits per heavy atom. The molecule has 0 fully saturated rings. The van der Waals surface area contributed by atoms with Crippen LogP contribution in [0.2, 0.25) is 0 Å². The lowest BCUT2D eigenvalue weighted by Gasteiger charge is -2.22. The summed E-state index contributed by atoms with van der Waals surface area (Å²) in [4.78, 5) is 0. The summed E-state index contributed by atoms with van der Waals surface area (Å²) in [6, 6.07) is 9.22. The second-order valence-corrected chi connectivity index (χ2v) is 5.67. The Morgan fingerprint density at radius 2 is 2.06 bits per heavy atom. The Morgan fingerprint density at radius 3 is 2.75 bits per heavy atom. The fourth-order valence-electron chi connectivity index (χ4n) is 2.17. The maximum absolute atomic E-state index is 3.58. The third-order valence-corrected chi connectivity index (χ3v) is 2.99. The quantitative estimate of drug-likeness (QED) is 0.815. The zero-order chi connectivity index (χ0) is 11.6. The maximum atomic E-state index is 3.58. The minimum absolute atomic E-state index is 0.228. The first-order valence-electron chi connectivity index (χ1n) is 6.14. The van der Waals surface area contributed by atoms with Crippen LogP contribution in [0.25, 0.3) is 0 Å².